The van der Waals surface area contributed by atoms with Crippen LogP contribution in [0.4, 0.5) is 0 Å². The summed E-state index contributed by atoms with van der Waals surface area (Å²) in [5, 5.41) is 7.45. The van der Waals surface area contributed by atoms with Gasteiger partial charge in [0.25, 0.3) is 0 Å². The van der Waals surface area contributed by atoms with Crippen LogP contribution in [0, 0.1) is 0 Å². The molecule has 0 bridgehead atoms. The minimum absolute atomic E-state index is 1.14. The van der Waals surface area contributed by atoms with E-state index >= 15 is 0 Å². The van der Waals surface area contributed by atoms with Crippen molar-refractivity contribution in [2.75, 3.05) is 0 Å². The molecule has 0 aliphatic heterocycles. The van der Waals surface area contributed by atoms with Gasteiger partial charge in [-0.1, -0.05) is 72.8 Å². The van der Waals surface area contributed by atoms with Crippen molar-refractivity contribution >= 4 is 65.4 Å². The zero-order valence-electron chi connectivity index (χ0n) is 27.1. The van der Waals surface area contributed by atoms with E-state index in [-0.39, 0.29) is 0 Å². The summed E-state index contributed by atoms with van der Waals surface area (Å²) in [6.45, 7) is 0. The van der Waals surface area contributed by atoms with Crippen molar-refractivity contribution in [2.24, 2.45) is 0 Å². The smallest absolute Gasteiger partial charge is 0.0548 e. The van der Waals surface area contributed by atoms with Crippen molar-refractivity contribution in [3.8, 4) is 22.7 Å². The Hall–Kier alpha value is -6.78. The molecule has 0 unspecified atom stereocenters. The van der Waals surface area contributed by atoms with Crippen LogP contribution in [0.5, 0.6) is 0 Å². The molecule has 234 valence electrons. The molecule has 50 heavy (non-hydrogen) atoms. The van der Waals surface area contributed by atoms with Gasteiger partial charge in [0, 0.05) is 67.5 Å². The summed E-state index contributed by atoms with van der Waals surface area (Å²) in [6, 6.07) is 61.6. The molecule has 0 radical (unpaired) electrons. The molecule has 7 aromatic carbocycles. The van der Waals surface area contributed by atoms with Crippen molar-refractivity contribution in [2.45, 2.75) is 0 Å². The SMILES string of the molecule is c1ccc(-n2ccc3cc4c(cc32)c2ccccc2n4-c2ccc(-n3c4ccccc4c4cc5c(ccn5-c5ccccc5)cc43)cc2)cc1. The number of benzene rings is 7. The Morgan fingerprint density at radius 2 is 0.660 bits per heavy atom. The van der Waals surface area contributed by atoms with Gasteiger partial charge in [0.15, 0.2) is 0 Å². The van der Waals surface area contributed by atoms with Crippen LogP contribution in [0.25, 0.3) is 88.2 Å². The molecular formula is C46H30N4. The van der Waals surface area contributed by atoms with Gasteiger partial charge >= 0.3 is 0 Å². The normalized spacial score (nSPS) is 12.0. The fourth-order valence-electron chi connectivity index (χ4n) is 8.13. The fourth-order valence-corrected chi connectivity index (χ4v) is 8.13. The van der Waals surface area contributed by atoms with Crippen LogP contribution in [0.3, 0.4) is 0 Å². The number of hydrogen-bond acceptors (Lipinski definition) is 0. The molecule has 0 fully saturated rings. The summed E-state index contributed by atoms with van der Waals surface area (Å²) in [7, 11) is 0. The Bertz CT molecular complexity index is 2850. The molecule has 0 saturated carbocycles. The van der Waals surface area contributed by atoms with Crippen LogP contribution in [0.15, 0.2) is 182 Å². The maximum atomic E-state index is 2.41. The van der Waals surface area contributed by atoms with Gasteiger partial charge in [0.1, 0.15) is 0 Å². The quantitative estimate of drug-likeness (QED) is 0.183. The van der Waals surface area contributed by atoms with E-state index in [1.54, 1.807) is 0 Å². The van der Waals surface area contributed by atoms with Crippen molar-refractivity contribution in [3.05, 3.63) is 182 Å². The molecule has 4 aromatic heterocycles. The average molecular weight is 639 g/mol. The highest BCUT2D eigenvalue weighted by molar-refractivity contribution is 6.14. The lowest BCUT2D eigenvalue weighted by Crippen LogP contribution is -1.97. The van der Waals surface area contributed by atoms with Gasteiger partial charge in [-0.2, -0.15) is 0 Å². The number of hydrogen-bond donors (Lipinski definition) is 0. The van der Waals surface area contributed by atoms with E-state index in [2.05, 4.69) is 201 Å². The Morgan fingerprint density at radius 3 is 1.10 bits per heavy atom. The summed E-state index contributed by atoms with van der Waals surface area (Å²) in [4.78, 5) is 0. The molecule has 0 N–H and O–H groups in total. The summed E-state index contributed by atoms with van der Waals surface area (Å²) >= 11 is 0. The van der Waals surface area contributed by atoms with Crippen LogP contribution in [0.1, 0.15) is 0 Å². The van der Waals surface area contributed by atoms with Gasteiger partial charge in [0.2, 0.25) is 0 Å². The third kappa shape index (κ3) is 3.87. The molecule has 0 aliphatic rings. The Labute approximate surface area is 287 Å². The first-order valence-electron chi connectivity index (χ1n) is 17.1. The molecular weight excluding hydrogens is 609 g/mol. The van der Waals surface area contributed by atoms with Crippen LogP contribution < -0.4 is 0 Å². The molecule has 4 heteroatoms. The molecule has 11 rings (SSSR count). The number of para-hydroxylation sites is 4. The zero-order chi connectivity index (χ0) is 32.8. The van der Waals surface area contributed by atoms with Crippen molar-refractivity contribution < 1.29 is 0 Å². The first-order valence-corrected chi connectivity index (χ1v) is 17.1. The van der Waals surface area contributed by atoms with Gasteiger partial charge in [-0.15, -0.1) is 0 Å². The van der Waals surface area contributed by atoms with E-state index in [0.717, 1.165) is 11.4 Å². The lowest BCUT2D eigenvalue weighted by Gasteiger charge is -2.12. The highest BCUT2D eigenvalue weighted by Gasteiger charge is 2.17. The maximum Gasteiger partial charge on any atom is 0.0548 e. The third-order valence-corrected chi connectivity index (χ3v) is 10.4. The largest absolute Gasteiger partial charge is 0.317 e. The Balaban J connectivity index is 1.08. The fraction of sp³-hybridized carbons (Fsp3) is 0. The predicted molar refractivity (Wildman–Crippen MR) is 209 cm³/mol. The van der Waals surface area contributed by atoms with Crippen LogP contribution in [-0.4, -0.2) is 18.3 Å². The molecule has 0 saturated heterocycles. The standard InChI is InChI=1S/C46H30N4/c1-3-11-33(12-4-1)47-25-23-31-27-45-39(29-43(31)47)37-15-7-9-17-41(37)49(45)35-19-21-36(22-20-35)50-42-18-10-8-16-38(42)40-30-44-32(28-46(40)50)24-26-48(44)34-13-5-2-6-14-34/h1-30H. The predicted octanol–water partition coefficient (Wildman–Crippen LogP) is 11.8. The zero-order valence-corrected chi connectivity index (χ0v) is 27.1. The molecule has 0 amide bonds. The van der Waals surface area contributed by atoms with Gasteiger partial charge in [-0.05, 0) is 97.1 Å². The molecule has 11 aromatic rings. The monoisotopic (exact) mass is 638 g/mol. The van der Waals surface area contributed by atoms with E-state index in [1.165, 1.54) is 76.8 Å². The van der Waals surface area contributed by atoms with Crippen molar-refractivity contribution in [1.82, 2.24) is 18.3 Å². The lowest BCUT2D eigenvalue weighted by molar-refractivity contribution is 1.13. The van der Waals surface area contributed by atoms with E-state index in [0.29, 0.717) is 0 Å². The minimum Gasteiger partial charge on any atom is -0.317 e. The highest BCUT2D eigenvalue weighted by Crippen LogP contribution is 2.38. The number of aromatic nitrogens is 4. The second-order valence-corrected chi connectivity index (χ2v) is 13.1. The van der Waals surface area contributed by atoms with Crippen molar-refractivity contribution in [3.63, 3.8) is 0 Å². The highest BCUT2D eigenvalue weighted by atomic mass is 15.0. The van der Waals surface area contributed by atoms with Crippen LogP contribution in [0.2, 0.25) is 0 Å². The van der Waals surface area contributed by atoms with E-state index < -0.39 is 0 Å². The lowest BCUT2D eigenvalue weighted by atomic mass is 10.1. The van der Waals surface area contributed by atoms with Gasteiger partial charge in [0.05, 0.1) is 33.1 Å². The Kier molecular flexibility index (Phi) is 5.63. The summed E-state index contributed by atoms with van der Waals surface area (Å²) in [6.07, 6.45) is 4.35. The first kappa shape index (κ1) is 27.2. The summed E-state index contributed by atoms with van der Waals surface area (Å²) < 4.78 is 9.39. The number of rotatable bonds is 4. The Morgan fingerprint density at radius 1 is 0.260 bits per heavy atom. The molecule has 0 atom stereocenters. The maximum absolute atomic E-state index is 2.41. The summed E-state index contributed by atoms with van der Waals surface area (Å²) in [5.41, 5.74) is 11.9. The van der Waals surface area contributed by atoms with Crippen LogP contribution in [-0.2, 0) is 0 Å². The molecule has 0 aliphatic carbocycles. The number of nitrogens with zero attached hydrogens (tertiary/aromatic N) is 4. The van der Waals surface area contributed by atoms with E-state index in [4.69, 9.17) is 0 Å². The van der Waals surface area contributed by atoms with E-state index in [9.17, 15) is 0 Å². The minimum atomic E-state index is 1.14. The first-order chi connectivity index (χ1) is 24.8. The van der Waals surface area contributed by atoms with Gasteiger partial charge in [-0.3, -0.25) is 0 Å². The third-order valence-electron chi connectivity index (χ3n) is 10.4. The second-order valence-electron chi connectivity index (χ2n) is 13.1. The van der Waals surface area contributed by atoms with Gasteiger partial charge < -0.3 is 18.3 Å². The average Bonchev–Trinajstić information content (AvgIpc) is 3.94. The topological polar surface area (TPSA) is 19.7 Å². The van der Waals surface area contributed by atoms with E-state index in [1.807, 2.05) is 0 Å². The number of fused-ring (bicyclic) bond motifs is 8. The summed E-state index contributed by atoms with van der Waals surface area (Å²) in [5.74, 6) is 0. The van der Waals surface area contributed by atoms with Crippen molar-refractivity contribution in [1.29, 1.82) is 0 Å². The van der Waals surface area contributed by atoms with Crippen LogP contribution >= 0.6 is 0 Å². The molecule has 4 nitrogen and oxygen atoms in total. The second kappa shape index (κ2) is 10.4. The van der Waals surface area contributed by atoms with Gasteiger partial charge in [-0.25, -0.2) is 0 Å². The molecule has 4 heterocycles. The molecule has 0 spiro atoms.